The lowest BCUT2D eigenvalue weighted by Crippen LogP contribution is -2.43. The van der Waals surface area contributed by atoms with Crippen LogP contribution >= 0.6 is 11.8 Å². The van der Waals surface area contributed by atoms with Crippen molar-refractivity contribution in [3.63, 3.8) is 0 Å². The SMILES string of the molecule is CN1C(=O)C[C@H](C(=O)Nc2ccc(C(=O)O)cc2)SC1=Nc1ccc2c(c1)OCO2. The minimum absolute atomic E-state index is 0.0281. The highest BCUT2D eigenvalue weighted by Crippen LogP contribution is 2.36. The van der Waals surface area contributed by atoms with Gasteiger partial charge in [0.15, 0.2) is 16.7 Å². The van der Waals surface area contributed by atoms with E-state index in [1.54, 1.807) is 25.2 Å². The number of carbonyl (C=O) groups excluding carboxylic acids is 2. The van der Waals surface area contributed by atoms with E-state index >= 15 is 0 Å². The number of hydrogen-bond donors (Lipinski definition) is 2. The van der Waals surface area contributed by atoms with Crippen molar-refractivity contribution >= 4 is 46.1 Å². The van der Waals surface area contributed by atoms with Crippen LogP contribution in [0.15, 0.2) is 47.5 Å². The number of rotatable bonds is 4. The number of ether oxygens (including phenoxy) is 2. The molecule has 9 nitrogen and oxygen atoms in total. The highest BCUT2D eigenvalue weighted by atomic mass is 32.2. The molecule has 2 amide bonds. The van der Waals surface area contributed by atoms with E-state index in [1.807, 2.05) is 0 Å². The van der Waals surface area contributed by atoms with Gasteiger partial charge in [0.25, 0.3) is 0 Å². The average Bonchev–Trinajstić information content (AvgIpc) is 3.19. The van der Waals surface area contributed by atoms with Crippen molar-refractivity contribution in [2.45, 2.75) is 11.7 Å². The van der Waals surface area contributed by atoms with Crippen LogP contribution in [0.1, 0.15) is 16.8 Å². The van der Waals surface area contributed by atoms with Crippen LogP contribution in [0.4, 0.5) is 11.4 Å². The highest BCUT2D eigenvalue weighted by Gasteiger charge is 2.34. The molecule has 0 bridgehead atoms. The van der Waals surface area contributed by atoms with E-state index in [4.69, 9.17) is 14.6 Å². The number of thioether (sulfide) groups is 1. The predicted molar refractivity (Wildman–Crippen MR) is 110 cm³/mol. The lowest BCUT2D eigenvalue weighted by Gasteiger charge is -2.28. The van der Waals surface area contributed by atoms with Gasteiger partial charge in [0.2, 0.25) is 18.6 Å². The number of hydrogen-bond acceptors (Lipinski definition) is 7. The molecule has 0 unspecified atom stereocenters. The van der Waals surface area contributed by atoms with Crippen LogP contribution in [-0.2, 0) is 9.59 Å². The Morgan fingerprint density at radius 3 is 2.63 bits per heavy atom. The molecular formula is C20H17N3O6S. The zero-order chi connectivity index (χ0) is 21.3. The summed E-state index contributed by atoms with van der Waals surface area (Å²) in [5, 5.41) is 11.4. The quantitative estimate of drug-likeness (QED) is 0.770. The Morgan fingerprint density at radius 1 is 1.17 bits per heavy atom. The van der Waals surface area contributed by atoms with Crippen LogP contribution in [0.5, 0.6) is 11.5 Å². The number of aliphatic imine (C=N–C) groups is 1. The normalized spacial score (nSPS) is 19.1. The fourth-order valence-electron chi connectivity index (χ4n) is 2.88. The topological polar surface area (TPSA) is 118 Å². The summed E-state index contributed by atoms with van der Waals surface area (Å²) in [7, 11) is 1.61. The molecule has 2 aliphatic heterocycles. The van der Waals surface area contributed by atoms with Gasteiger partial charge in [-0.2, -0.15) is 0 Å². The Morgan fingerprint density at radius 2 is 1.90 bits per heavy atom. The second-order valence-electron chi connectivity index (χ2n) is 6.57. The number of nitrogens with one attached hydrogen (secondary N) is 1. The number of carboxylic acids is 1. The summed E-state index contributed by atoms with van der Waals surface area (Å²) in [6.45, 7) is 0.151. The van der Waals surface area contributed by atoms with Gasteiger partial charge in [0, 0.05) is 25.2 Å². The number of benzene rings is 2. The molecule has 0 saturated carbocycles. The Hall–Kier alpha value is -3.53. The molecule has 4 rings (SSSR count). The van der Waals surface area contributed by atoms with E-state index in [0.717, 1.165) is 0 Å². The van der Waals surface area contributed by atoms with Crippen LogP contribution in [-0.4, -0.2) is 52.0 Å². The summed E-state index contributed by atoms with van der Waals surface area (Å²) in [6.07, 6.45) is 0.0281. The smallest absolute Gasteiger partial charge is 0.335 e. The maximum Gasteiger partial charge on any atom is 0.335 e. The van der Waals surface area contributed by atoms with Gasteiger partial charge in [-0.1, -0.05) is 11.8 Å². The second-order valence-corrected chi connectivity index (χ2v) is 7.74. The molecule has 30 heavy (non-hydrogen) atoms. The molecule has 0 aliphatic carbocycles. The number of amides is 2. The first-order valence-corrected chi connectivity index (χ1v) is 9.84. The van der Waals surface area contributed by atoms with E-state index in [-0.39, 0.29) is 30.6 Å². The summed E-state index contributed by atoms with van der Waals surface area (Å²) < 4.78 is 10.6. The van der Waals surface area contributed by atoms with Gasteiger partial charge in [0.05, 0.1) is 11.3 Å². The molecule has 154 valence electrons. The highest BCUT2D eigenvalue weighted by molar-refractivity contribution is 8.15. The Bertz CT molecular complexity index is 1050. The van der Waals surface area contributed by atoms with Crippen LogP contribution < -0.4 is 14.8 Å². The maximum absolute atomic E-state index is 12.7. The molecule has 1 fully saturated rings. The first-order valence-electron chi connectivity index (χ1n) is 8.96. The molecule has 0 radical (unpaired) electrons. The third-order valence-electron chi connectivity index (χ3n) is 4.54. The standard InChI is InChI=1S/C20H17N3O6S/c1-23-17(24)9-16(18(25)21-12-4-2-11(3-5-12)19(26)27)30-20(23)22-13-6-7-14-15(8-13)29-10-28-14/h2-8,16H,9-10H2,1H3,(H,21,25)(H,26,27)/t16-/m1/s1. The number of carbonyl (C=O) groups is 3. The van der Waals surface area contributed by atoms with Crippen molar-refractivity contribution in [3.05, 3.63) is 48.0 Å². The van der Waals surface area contributed by atoms with Gasteiger partial charge in [-0.3, -0.25) is 14.5 Å². The first-order chi connectivity index (χ1) is 14.4. The fourth-order valence-corrected chi connectivity index (χ4v) is 3.95. The monoisotopic (exact) mass is 427 g/mol. The summed E-state index contributed by atoms with van der Waals surface area (Å²) in [6, 6.07) is 11.0. The lowest BCUT2D eigenvalue weighted by atomic mass is 10.2. The molecule has 2 aromatic rings. The van der Waals surface area contributed by atoms with Gasteiger partial charge in [-0.05, 0) is 36.4 Å². The van der Waals surface area contributed by atoms with E-state index in [2.05, 4.69) is 10.3 Å². The van der Waals surface area contributed by atoms with Gasteiger partial charge < -0.3 is 19.9 Å². The van der Waals surface area contributed by atoms with Crippen molar-refractivity contribution in [3.8, 4) is 11.5 Å². The van der Waals surface area contributed by atoms with E-state index in [1.165, 1.54) is 40.9 Å². The minimum atomic E-state index is -1.05. The van der Waals surface area contributed by atoms with E-state index < -0.39 is 11.2 Å². The molecule has 2 aliphatic rings. The number of anilines is 1. The third kappa shape index (κ3) is 4.08. The van der Waals surface area contributed by atoms with E-state index in [9.17, 15) is 14.4 Å². The lowest BCUT2D eigenvalue weighted by molar-refractivity contribution is -0.128. The van der Waals surface area contributed by atoms with Crippen LogP contribution in [0.25, 0.3) is 0 Å². The van der Waals surface area contributed by atoms with Crippen LogP contribution in [0, 0.1) is 0 Å². The van der Waals surface area contributed by atoms with Gasteiger partial charge in [0.1, 0.15) is 5.25 Å². The van der Waals surface area contributed by atoms with Crippen molar-refractivity contribution in [1.82, 2.24) is 4.90 Å². The van der Waals surface area contributed by atoms with Crippen molar-refractivity contribution in [2.24, 2.45) is 4.99 Å². The Labute approximate surface area is 175 Å². The molecule has 2 N–H and O–H groups in total. The molecule has 1 atom stereocenters. The summed E-state index contributed by atoms with van der Waals surface area (Å²) in [5.41, 5.74) is 1.15. The third-order valence-corrected chi connectivity index (χ3v) is 5.78. The van der Waals surface area contributed by atoms with Crippen LogP contribution in [0.3, 0.4) is 0 Å². The zero-order valence-corrected chi connectivity index (χ0v) is 16.6. The largest absolute Gasteiger partial charge is 0.478 e. The Kier molecular flexibility index (Phi) is 5.32. The van der Waals surface area contributed by atoms with Crippen molar-refractivity contribution < 1.29 is 29.0 Å². The number of nitrogens with zero attached hydrogens (tertiary/aromatic N) is 2. The van der Waals surface area contributed by atoms with E-state index in [0.29, 0.717) is 28.0 Å². The zero-order valence-electron chi connectivity index (χ0n) is 15.8. The summed E-state index contributed by atoms with van der Waals surface area (Å²) in [4.78, 5) is 41.9. The number of fused-ring (bicyclic) bond motifs is 1. The number of carboxylic acid groups (broad SMARTS) is 1. The van der Waals surface area contributed by atoms with Gasteiger partial charge in [-0.15, -0.1) is 0 Å². The second kappa shape index (κ2) is 8.07. The predicted octanol–water partition coefficient (Wildman–Crippen LogP) is 2.70. The molecular weight excluding hydrogens is 410 g/mol. The maximum atomic E-state index is 12.7. The summed E-state index contributed by atoms with van der Waals surface area (Å²) in [5.74, 6) is -0.428. The number of aromatic carboxylic acids is 1. The number of amidine groups is 1. The minimum Gasteiger partial charge on any atom is -0.478 e. The van der Waals surface area contributed by atoms with Gasteiger partial charge >= 0.3 is 5.97 Å². The fraction of sp³-hybridized carbons (Fsp3) is 0.200. The molecule has 10 heteroatoms. The first kappa shape index (κ1) is 19.8. The summed E-state index contributed by atoms with van der Waals surface area (Å²) >= 11 is 1.18. The molecule has 0 aromatic heterocycles. The Balaban J connectivity index is 1.50. The molecule has 2 heterocycles. The molecule has 0 spiro atoms. The average molecular weight is 427 g/mol. The van der Waals surface area contributed by atoms with Gasteiger partial charge in [-0.25, -0.2) is 9.79 Å². The van der Waals surface area contributed by atoms with Crippen molar-refractivity contribution in [2.75, 3.05) is 19.2 Å². The van der Waals surface area contributed by atoms with Crippen LogP contribution in [0.2, 0.25) is 0 Å². The van der Waals surface area contributed by atoms with Crippen molar-refractivity contribution in [1.29, 1.82) is 0 Å². The molecule has 1 saturated heterocycles. The molecule has 2 aromatic carbocycles.